The Balaban J connectivity index is 1.69. The van der Waals surface area contributed by atoms with E-state index in [0.29, 0.717) is 24.6 Å². The van der Waals surface area contributed by atoms with Crippen LogP contribution in [0.3, 0.4) is 0 Å². The third-order valence-electron chi connectivity index (χ3n) is 4.17. The third kappa shape index (κ3) is 3.67. The van der Waals surface area contributed by atoms with Crippen molar-refractivity contribution in [2.24, 2.45) is 5.92 Å². The fraction of sp³-hybridized carbons (Fsp3) is 0.368. The number of methoxy groups -OCH3 is 1. The number of rotatable bonds is 5. The highest BCUT2D eigenvalue weighted by molar-refractivity contribution is 5.94. The number of nitrogens with zero attached hydrogens (tertiary/aromatic N) is 1. The highest BCUT2D eigenvalue weighted by Gasteiger charge is 2.21. The molecule has 5 nitrogen and oxygen atoms in total. The van der Waals surface area contributed by atoms with E-state index in [0.717, 1.165) is 30.0 Å². The summed E-state index contributed by atoms with van der Waals surface area (Å²) >= 11 is 0. The van der Waals surface area contributed by atoms with Gasteiger partial charge in [-0.3, -0.25) is 9.78 Å². The molecule has 1 unspecified atom stereocenters. The molecule has 0 fully saturated rings. The zero-order chi connectivity index (χ0) is 16.9. The summed E-state index contributed by atoms with van der Waals surface area (Å²) in [5, 5.41) is 2.81. The van der Waals surface area contributed by atoms with Gasteiger partial charge in [0.05, 0.1) is 13.7 Å². The van der Waals surface area contributed by atoms with Crippen molar-refractivity contribution in [1.29, 1.82) is 0 Å². The zero-order valence-corrected chi connectivity index (χ0v) is 14.0. The first-order chi connectivity index (χ1) is 11.7. The fourth-order valence-corrected chi connectivity index (χ4v) is 2.96. The Bertz CT molecular complexity index is 730. The lowest BCUT2D eigenvalue weighted by atomic mass is 9.92. The quantitative estimate of drug-likeness (QED) is 0.917. The molecule has 3 rings (SSSR count). The summed E-state index contributed by atoms with van der Waals surface area (Å²) < 4.78 is 11.1. The monoisotopic (exact) mass is 326 g/mol. The molecule has 1 N–H and O–H groups in total. The van der Waals surface area contributed by atoms with Crippen LogP contribution in [-0.4, -0.2) is 31.2 Å². The Morgan fingerprint density at radius 2 is 2.25 bits per heavy atom. The van der Waals surface area contributed by atoms with Crippen molar-refractivity contribution < 1.29 is 14.3 Å². The second-order valence-corrected chi connectivity index (χ2v) is 5.95. The zero-order valence-electron chi connectivity index (χ0n) is 14.0. The molecule has 2 aromatic rings. The summed E-state index contributed by atoms with van der Waals surface area (Å²) in [4.78, 5) is 16.3. The van der Waals surface area contributed by atoms with E-state index in [-0.39, 0.29) is 5.91 Å². The fourth-order valence-electron chi connectivity index (χ4n) is 2.96. The van der Waals surface area contributed by atoms with Crippen molar-refractivity contribution >= 4 is 5.91 Å². The van der Waals surface area contributed by atoms with Gasteiger partial charge < -0.3 is 14.8 Å². The van der Waals surface area contributed by atoms with E-state index >= 15 is 0 Å². The van der Waals surface area contributed by atoms with Crippen molar-refractivity contribution in [3.05, 3.63) is 53.3 Å². The summed E-state index contributed by atoms with van der Waals surface area (Å²) in [6, 6.07) is 9.55. The molecule has 0 spiro atoms. The molecule has 0 saturated carbocycles. The van der Waals surface area contributed by atoms with Gasteiger partial charge in [0, 0.05) is 36.0 Å². The summed E-state index contributed by atoms with van der Waals surface area (Å²) in [5.74, 6) is 2.00. The molecule has 0 bridgehead atoms. The van der Waals surface area contributed by atoms with Gasteiger partial charge in [-0.25, -0.2) is 0 Å². The molecule has 0 aliphatic carbocycles. The SMILES string of the molecule is CCNC(=O)c1ccnc(CC2COc3cc(OC)ccc3C2)c1. The minimum atomic E-state index is -0.0570. The van der Waals surface area contributed by atoms with Crippen LogP contribution in [0.15, 0.2) is 36.5 Å². The normalized spacial score (nSPS) is 16.0. The first kappa shape index (κ1) is 16.3. The molecule has 2 heterocycles. The van der Waals surface area contributed by atoms with E-state index in [1.54, 1.807) is 19.4 Å². The molecule has 0 radical (unpaired) electrons. The van der Waals surface area contributed by atoms with E-state index in [4.69, 9.17) is 9.47 Å². The van der Waals surface area contributed by atoms with Crippen LogP contribution in [0.4, 0.5) is 0 Å². The first-order valence-electron chi connectivity index (χ1n) is 8.22. The number of aromatic nitrogens is 1. The highest BCUT2D eigenvalue weighted by atomic mass is 16.5. The van der Waals surface area contributed by atoms with Crippen molar-refractivity contribution in [2.75, 3.05) is 20.3 Å². The minimum absolute atomic E-state index is 0.0570. The van der Waals surface area contributed by atoms with Gasteiger partial charge in [-0.05, 0) is 43.5 Å². The third-order valence-corrected chi connectivity index (χ3v) is 4.17. The maximum absolute atomic E-state index is 11.9. The summed E-state index contributed by atoms with van der Waals surface area (Å²) in [5.41, 5.74) is 2.76. The molecule has 1 amide bonds. The Hall–Kier alpha value is -2.56. The average molecular weight is 326 g/mol. The van der Waals surface area contributed by atoms with Gasteiger partial charge in [-0.1, -0.05) is 6.07 Å². The number of nitrogens with one attached hydrogen (secondary N) is 1. The molecule has 5 heteroatoms. The van der Waals surface area contributed by atoms with Crippen molar-refractivity contribution in [2.45, 2.75) is 19.8 Å². The van der Waals surface area contributed by atoms with E-state index in [1.165, 1.54) is 5.56 Å². The predicted molar refractivity (Wildman–Crippen MR) is 91.6 cm³/mol. The van der Waals surface area contributed by atoms with Gasteiger partial charge >= 0.3 is 0 Å². The lowest BCUT2D eigenvalue weighted by molar-refractivity contribution is 0.0955. The molecular formula is C19H22N2O3. The van der Waals surface area contributed by atoms with E-state index in [2.05, 4.69) is 16.4 Å². The number of ether oxygens (including phenoxy) is 2. The van der Waals surface area contributed by atoms with Crippen LogP contribution < -0.4 is 14.8 Å². The van der Waals surface area contributed by atoms with Gasteiger partial charge in [-0.15, -0.1) is 0 Å². The number of carbonyl (C=O) groups excluding carboxylic acids is 1. The van der Waals surface area contributed by atoms with Gasteiger partial charge in [-0.2, -0.15) is 0 Å². The van der Waals surface area contributed by atoms with Crippen LogP contribution in [0.2, 0.25) is 0 Å². The molecule has 126 valence electrons. The maximum Gasteiger partial charge on any atom is 0.251 e. The van der Waals surface area contributed by atoms with Crippen LogP contribution in [0.25, 0.3) is 0 Å². The van der Waals surface area contributed by atoms with Crippen LogP contribution in [0.5, 0.6) is 11.5 Å². The second kappa shape index (κ2) is 7.34. The van der Waals surface area contributed by atoms with E-state index < -0.39 is 0 Å². The van der Waals surface area contributed by atoms with Crippen molar-refractivity contribution in [3.63, 3.8) is 0 Å². The number of benzene rings is 1. The first-order valence-corrected chi connectivity index (χ1v) is 8.22. The summed E-state index contributed by atoms with van der Waals surface area (Å²) in [6.45, 7) is 3.17. The number of hydrogen-bond donors (Lipinski definition) is 1. The number of pyridine rings is 1. The Kier molecular flexibility index (Phi) is 4.99. The van der Waals surface area contributed by atoms with Gasteiger partial charge in [0.2, 0.25) is 0 Å². The summed E-state index contributed by atoms with van der Waals surface area (Å²) in [7, 11) is 1.65. The lowest BCUT2D eigenvalue weighted by Gasteiger charge is -2.25. The topological polar surface area (TPSA) is 60.5 Å². The largest absolute Gasteiger partial charge is 0.497 e. The highest BCUT2D eigenvalue weighted by Crippen LogP contribution is 2.31. The maximum atomic E-state index is 11.9. The van der Waals surface area contributed by atoms with E-state index in [9.17, 15) is 4.79 Å². The number of carbonyl (C=O) groups is 1. The molecule has 1 aromatic heterocycles. The predicted octanol–water partition coefficient (Wildman–Crippen LogP) is 2.63. The van der Waals surface area contributed by atoms with Gasteiger partial charge in [0.25, 0.3) is 5.91 Å². The number of amides is 1. The number of hydrogen-bond acceptors (Lipinski definition) is 4. The van der Waals surface area contributed by atoms with Crippen LogP contribution in [0.1, 0.15) is 28.5 Å². The molecule has 1 atom stereocenters. The molecule has 0 saturated heterocycles. The lowest BCUT2D eigenvalue weighted by Crippen LogP contribution is -2.24. The molecule has 24 heavy (non-hydrogen) atoms. The molecular weight excluding hydrogens is 304 g/mol. The molecule has 1 aliphatic heterocycles. The molecule has 1 aliphatic rings. The van der Waals surface area contributed by atoms with Gasteiger partial charge in [0.15, 0.2) is 0 Å². The Labute approximate surface area is 142 Å². The molecule has 1 aromatic carbocycles. The second-order valence-electron chi connectivity index (χ2n) is 5.95. The van der Waals surface area contributed by atoms with Crippen LogP contribution in [0, 0.1) is 5.92 Å². The standard InChI is InChI=1S/C19H22N2O3/c1-3-20-19(22)15-6-7-21-16(10-15)9-13-8-14-4-5-17(23-2)11-18(14)24-12-13/h4-7,10-11,13H,3,8-9,12H2,1-2H3,(H,20,22). The van der Waals surface area contributed by atoms with Crippen LogP contribution >= 0.6 is 0 Å². The Morgan fingerprint density at radius 1 is 1.38 bits per heavy atom. The average Bonchev–Trinajstić information content (AvgIpc) is 2.61. The van der Waals surface area contributed by atoms with E-state index in [1.807, 2.05) is 25.1 Å². The van der Waals surface area contributed by atoms with Crippen LogP contribution in [-0.2, 0) is 12.8 Å². The number of fused-ring (bicyclic) bond motifs is 1. The van der Waals surface area contributed by atoms with Crippen molar-refractivity contribution in [1.82, 2.24) is 10.3 Å². The van der Waals surface area contributed by atoms with Gasteiger partial charge in [0.1, 0.15) is 11.5 Å². The van der Waals surface area contributed by atoms with Crippen molar-refractivity contribution in [3.8, 4) is 11.5 Å². The Morgan fingerprint density at radius 3 is 3.04 bits per heavy atom. The smallest absolute Gasteiger partial charge is 0.251 e. The summed E-state index contributed by atoms with van der Waals surface area (Å²) in [6.07, 6.45) is 3.42. The minimum Gasteiger partial charge on any atom is -0.497 e.